The summed E-state index contributed by atoms with van der Waals surface area (Å²) in [6.45, 7) is 3.27. The number of ether oxygens (including phenoxy) is 1. The summed E-state index contributed by atoms with van der Waals surface area (Å²) in [6.07, 6.45) is 4.62. The van der Waals surface area contributed by atoms with E-state index in [1.165, 1.54) is 10.4 Å². The molecule has 1 saturated carbocycles. The minimum atomic E-state index is -3.62. The molecule has 132 valence electrons. The highest BCUT2D eigenvalue weighted by Gasteiger charge is 2.31. The van der Waals surface area contributed by atoms with Crippen LogP contribution in [0.5, 0.6) is 5.75 Å². The number of sulfonamides is 1. The third kappa shape index (κ3) is 3.72. The maximum Gasteiger partial charge on any atom is 0.246 e. The van der Waals surface area contributed by atoms with Crippen LogP contribution in [-0.4, -0.2) is 38.3 Å². The van der Waals surface area contributed by atoms with E-state index in [9.17, 15) is 13.2 Å². The number of hydrogen-bond donors (Lipinski definition) is 1. The van der Waals surface area contributed by atoms with Gasteiger partial charge in [0.2, 0.25) is 15.9 Å². The van der Waals surface area contributed by atoms with Crippen molar-refractivity contribution in [1.82, 2.24) is 4.31 Å². The number of carbonyl (C=O) groups is 1. The molecule has 0 spiro atoms. The molecular weight excluding hydrogens is 328 g/mol. The lowest BCUT2D eigenvalue weighted by Crippen LogP contribution is -2.35. The van der Waals surface area contributed by atoms with Crippen LogP contribution in [-0.2, 0) is 14.8 Å². The van der Waals surface area contributed by atoms with Gasteiger partial charge in [-0.3, -0.25) is 4.79 Å². The van der Waals surface area contributed by atoms with Crippen LogP contribution >= 0.6 is 0 Å². The Morgan fingerprint density at radius 3 is 2.58 bits per heavy atom. The normalized spacial score (nSPS) is 19.0. The Kier molecular flexibility index (Phi) is 5.10. The van der Waals surface area contributed by atoms with E-state index in [-0.39, 0.29) is 16.7 Å². The van der Waals surface area contributed by atoms with Gasteiger partial charge < -0.3 is 10.1 Å². The van der Waals surface area contributed by atoms with Gasteiger partial charge in [-0.1, -0.05) is 6.42 Å². The molecule has 1 saturated heterocycles. The Morgan fingerprint density at radius 1 is 1.25 bits per heavy atom. The zero-order valence-corrected chi connectivity index (χ0v) is 14.8. The molecule has 1 aromatic rings. The molecule has 2 fully saturated rings. The predicted octanol–water partition coefficient (Wildman–Crippen LogP) is 2.61. The number of benzene rings is 1. The lowest BCUT2D eigenvalue weighted by atomic mass is 10.2. The summed E-state index contributed by atoms with van der Waals surface area (Å²) in [7, 11) is -3.62. The molecule has 1 aromatic carbocycles. The van der Waals surface area contributed by atoms with Crippen LogP contribution < -0.4 is 10.1 Å². The maximum absolute atomic E-state index is 13.0. The minimum absolute atomic E-state index is 0.0412. The van der Waals surface area contributed by atoms with Gasteiger partial charge >= 0.3 is 0 Å². The van der Waals surface area contributed by atoms with E-state index in [4.69, 9.17) is 4.74 Å². The summed E-state index contributed by atoms with van der Waals surface area (Å²) < 4.78 is 33.0. The Bertz CT molecular complexity index is 707. The Morgan fingerprint density at radius 2 is 1.96 bits per heavy atom. The average Bonchev–Trinajstić information content (AvgIpc) is 3.42. The quantitative estimate of drug-likeness (QED) is 0.854. The first kappa shape index (κ1) is 17.2. The molecule has 1 heterocycles. The summed E-state index contributed by atoms with van der Waals surface area (Å²) in [6, 6.07) is 4.85. The molecular formula is C17H24N2O4S. The topological polar surface area (TPSA) is 75.7 Å². The van der Waals surface area contributed by atoms with Crippen molar-refractivity contribution in [3.05, 3.63) is 18.2 Å². The standard InChI is InChI=1S/C17H24N2O4S/c1-2-23-15-9-8-14(18-17(20)13-6-7-13)12-16(15)24(21,22)19-10-4-3-5-11-19/h8-9,12-13H,2-7,10-11H2,1H3,(H,18,20). The van der Waals surface area contributed by atoms with Crippen LogP contribution in [0.15, 0.2) is 23.1 Å². The molecule has 6 nitrogen and oxygen atoms in total. The Hall–Kier alpha value is -1.60. The van der Waals surface area contributed by atoms with Crippen LogP contribution in [0.3, 0.4) is 0 Å². The van der Waals surface area contributed by atoms with Crippen molar-refractivity contribution in [2.24, 2.45) is 5.92 Å². The first-order chi connectivity index (χ1) is 11.5. The van der Waals surface area contributed by atoms with Gasteiger partial charge in [-0.15, -0.1) is 0 Å². The van der Waals surface area contributed by atoms with Gasteiger partial charge in [0, 0.05) is 24.7 Å². The zero-order chi connectivity index (χ0) is 17.2. The molecule has 7 heteroatoms. The van der Waals surface area contributed by atoms with Crippen molar-refractivity contribution < 1.29 is 17.9 Å². The minimum Gasteiger partial charge on any atom is -0.492 e. The second kappa shape index (κ2) is 7.11. The van der Waals surface area contributed by atoms with Crippen molar-refractivity contribution in [1.29, 1.82) is 0 Å². The first-order valence-corrected chi connectivity index (χ1v) is 10.0. The van der Waals surface area contributed by atoms with E-state index >= 15 is 0 Å². The summed E-state index contributed by atoms with van der Waals surface area (Å²) in [5.41, 5.74) is 0.505. The van der Waals surface area contributed by atoms with Gasteiger partial charge in [0.05, 0.1) is 6.61 Å². The van der Waals surface area contributed by atoms with Crippen LogP contribution in [0, 0.1) is 5.92 Å². The maximum atomic E-state index is 13.0. The second-order valence-electron chi connectivity index (χ2n) is 6.32. The van der Waals surface area contributed by atoms with Crippen molar-refractivity contribution in [3.63, 3.8) is 0 Å². The fraction of sp³-hybridized carbons (Fsp3) is 0.588. The monoisotopic (exact) mass is 352 g/mol. The number of carbonyl (C=O) groups excluding carboxylic acids is 1. The molecule has 24 heavy (non-hydrogen) atoms. The SMILES string of the molecule is CCOc1ccc(NC(=O)C2CC2)cc1S(=O)(=O)N1CCCCC1. The lowest BCUT2D eigenvalue weighted by molar-refractivity contribution is -0.117. The number of nitrogens with zero attached hydrogens (tertiary/aromatic N) is 1. The zero-order valence-electron chi connectivity index (χ0n) is 14.0. The summed E-state index contributed by atoms with van der Waals surface area (Å²) >= 11 is 0. The Balaban J connectivity index is 1.91. The van der Waals surface area contributed by atoms with Gasteiger partial charge in [-0.05, 0) is 50.8 Å². The molecule has 0 radical (unpaired) electrons. The highest BCUT2D eigenvalue weighted by atomic mass is 32.2. The van der Waals surface area contributed by atoms with Crippen molar-refractivity contribution in [2.75, 3.05) is 25.0 Å². The molecule has 1 aliphatic carbocycles. The number of rotatable bonds is 6. The fourth-order valence-corrected chi connectivity index (χ4v) is 4.57. The van der Waals surface area contributed by atoms with Gasteiger partial charge in [0.15, 0.2) is 0 Å². The van der Waals surface area contributed by atoms with E-state index in [0.717, 1.165) is 32.1 Å². The fourth-order valence-electron chi connectivity index (χ4n) is 2.90. The average molecular weight is 352 g/mol. The summed E-state index contributed by atoms with van der Waals surface area (Å²) in [5.74, 6) is 0.367. The number of piperidine rings is 1. The molecule has 1 N–H and O–H groups in total. The molecule has 2 aliphatic rings. The van der Waals surface area contributed by atoms with Gasteiger partial charge in [-0.2, -0.15) is 4.31 Å². The smallest absolute Gasteiger partial charge is 0.246 e. The molecule has 1 aliphatic heterocycles. The number of nitrogens with one attached hydrogen (secondary N) is 1. The van der Waals surface area contributed by atoms with Gasteiger partial charge in [0.1, 0.15) is 10.6 Å². The van der Waals surface area contributed by atoms with Crippen molar-refractivity contribution in [2.45, 2.75) is 43.9 Å². The Labute approximate surface area is 143 Å². The third-order valence-electron chi connectivity index (χ3n) is 4.39. The second-order valence-corrected chi connectivity index (χ2v) is 8.23. The van der Waals surface area contributed by atoms with E-state index < -0.39 is 10.0 Å². The van der Waals surface area contributed by atoms with E-state index in [1.54, 1.807) is 12.1 Å². The van der Waals surface area contributed by atoms with Crippen LogP contribution in [0.1, 0.15) is 39.0 Å². The van der Waals surface area contributed by atoms with Gasteiger partial charge in [-0.25, -0.2) is 8.42 Å². The third-order valence-corrected chi connectivity index (χ3v) is 6.31. The van der Waals surface area contributed by atoms with Crippen LogP contribution in [0.2, 0.25) is 0 Å². The van der Waals surface area contributed by atoms with Crippen molar-refractivity contribution in [3.8, 4) is 5.75 Å². The lowest BCUT2D eigenvalue weighted by Gasteiger charge is -2.27. The highest BCUT2D eigenvalue weighted by molar-refractivity contribution is 7.89. The summed E-state index contributed by atoms with van der Waals surface area (Å²) in [4.78, 5) is 12.1. The highest BCUT2D eigenvalue weighted by Crippen LogP contribution is 2.33. The number of anilines is 1. The van der Waals surface area contributed by atoms with Gasteiger partial charge in [0.25, 0.3) is 0 Å². The molecule has 3 rings (SSSR count). The largest absolute Gasteiger partial charge is 0.492 e. The predicted molar refractivity (Wildman–Crippen MR) is 91.6 cm³/mol. The molecule has 0 unspecified atom stereocenters. The summed E-state index contributed by atoms with van der Waals surface area (Å²) in [5, 5.41) is 2.81. The van der Waals surface area contributed by atoms with E-state index in [1.807, 2.05) is 6.92 Å². The van der Waals surface area contributed by atoms with E-state index in [2.05, 4.69) is 5.32 Å². The first-order valence-electron chi connectivity index (χ1n) is 8.60. The molecule has 1 amide bonds. The van der Waals surface area contributed by atoms with Crippen LogP contribution in [0.25, 0.3) is 0 Å². The molecule has 0 aromatic heterocycles. The van der Waals surface area contributed by atoms with Crippen LogP contribution in [0.4, 0.5) is 5.69 Å². The number of hydrogen-bond acceptors (Lipinski definition) is 4. The molecule has 0 atom stereocenters. The van der Waals surface area contributed by atoms with E-state index in [0.29, 0.717) is 31.1 Å². The van der Waals surface area contributed by atoms with Crippen molar-refractivity contribution >= 4 is 21.6 Å². The number of amides is 1. The molecule has 0 bridgehead atoms.